The van der Waals surface area contributed by atoms with Crippen LogP contribution in [0, 0.1) is 19.7 Å². The van der Waals surface area contributed by atoms with E-state index in [-0.39, 0.29) is 18.5 Å². The molecule has 0 radical (unpaired) electrons. The van der Waals surface area contributed by atoms with Crippen LogP contribution in [0.15, 0.2) is 42.5 Å². The summed E-state index contributed by atoms with van der Waals surface area (Å²) in [6, 6.07) is 9.97. The topological polar surface area (TPSA) is 86.8 Å². The van der Waals surface area contributed by atoms with Crippen LogP contribution in [-0.2, 0) is 26.2 Å². The fourth-order valence-electron chi connectivity index (χ4n) is 3.51. The Kier molecular flexibility index (Phi) is 9.21. The van der Waals surface area contributed by atoms with Crippen molar-refractivity contribution in [3.8, 4) is 0 Å². The van der Waals surface area contributed by atoms with Gasteiger partial charge in [-0.05, 0) is 63.4 Å². The van der Waals surface area contributed by atoms with Crippen molar-refractivity contribution in [3.63, 3.8) is 0 Å². The van der Waals surface area contributed by atoms with Gasteiger partial charge in [0.2, 0.25) is 21.8 Å². The van der Waals surface area contributed by atoms with Crippen molar-refractivity contribution in [1.82, 2.24) is 10.2 Å². The van der Waals surface area contributed by atoms with Gasteiger partial charge in [-0.3, -0.25) is 13.9 Å². The minimum atomic E-state index is -3.79. The fraction of sp³-hybridized carbons (Fsp3) is 0.440. The Labute approximate surface area is 202 Å². The van der Waals surface area contributed by atoms with Crippen molar-refractivity contribution in [3.05, 3.63) is 65.0 Å². The van der Waals surface area contributed by atoms with E-state index in [1.165, 1.54) is 29.2 Å². The largest absolute Gasteiger partial charge is 0.352 e. The van der Waals surface area contributed by atoms with Crippen LogP contribution in [0.25, 0.3) is 0 Å². The highest BCUT2D eigenvalue weighted by atomic mass is 32.2. The molecule has 9 heteroatoms. The van der Waals surface area contributed by atoms with Gasteiger partial charge in [0.05, 0.1) is 11.9 Å². The number of carbonyl (C=O) groups excluding carboxylic acids is 2. The lowest BCUT2D eigenvalue weighted by molar-refractivity contribution is -0.139. The lowest BCUT2D eigenvalue weighted by Gasteiger charge is -2.32. The van der Waals surface area contributed by atoms with Crippen LogP contribution < -0.4 is 9.62 Å². The predicted octanol–water partition coefficient (Wildman–Crippen LogP) is 3.54. The van der Waals surface area contributed by atoms with Crippen LogP contribution in [-0.4, -0.2) is 50.0 Å². The van der Waals surface area contributed by atoms with Crippen molar-refractivity contribution in [2.24, 2.45) is 0 Å². The van der Waals surface area contributed by atoms with Crippen LogP contribution >= 0.6 is 0 Å². The van der Waals surface area contributed by atoms with Crippen molar-refractivity contribution >= 4 is 27.5 Å². The van der Waals surface area contributed by atoms with Crippen LogP contribution in [0.3, 0.4) is 0 Å². The molecular weight excluding hydrogens is 457 g/mol. The number of hydrogen-bond acceptors (Lipinski definition) is 4. The van der Waals surface area contributed by atoms with Crippen LogP contribution in [0.1, 0.15) is 43.9 Å². The molecule has 2 rings (SSSR count). The molecule has 0 aromatic heterocycles. The number of anilines is 1. The van der Waals surface area contributed by atoms with Gasteiger partial charge in [-0.2, -0.15) is 0 Å². The number of nitrogens with zero attached hydrogens (tertiary/aromatic N) is 2. The molecule has 34 heavy (non-hydrogen) atoms. The summed E-state index contributed by atoms with van der Waals surface area (Å²) in [4.78, 5) is 27.7. The van der Waals surface area contributed by atoms with Crippen molar-refractivity contribution in [2.75, 3.05) is 17.1 Å². The lowest BCUT2D eigenvalue weighted by Crippen LogP contribution is -2.52. The van der Waals surface area contributed by atoms with Crippen molar-refractivity contribution in [1.29, 1.82) is 0 Å². The maximum absolute atomic E-state index is 13.5. The molecule has 7 nitrogen and oxygen atoms in total. The van der Waals surface area contributed by atoms with Gasteiger partial charge >= 0.3 is 0 Å². The highest BCUT2D eigenvalue weighted by Crippen LogP contribution is 2.24. The Morgan fingerprint density at radius 1 is 1.06 bits per heavy atom. The first-order chi connectivity index (χ1) is 15.8. The second kappa shape index (κ2) is 11.5. The number of benzene rings is 2. The Bertz CT molecular complexity index is 1120. The quantitative estimate of drug-likeness (QED) is 0.551. The molecule has 2 amide bonds. The van der Waals surface area contributed by atoms with Gasteiger partial charge in [0.1, 0.15) is 18.4 Å². The second-order valence-corrected chi connectivity index (χ2v) is 10.6. The number of carbonyl (C=O) groups is 2. The van der Waals surface area contributed by atoms with E-state index in [2.05, 4.69) is 5.32 Å². The zero-order valence-corrected chi connectivity index (χ0v) is 21.4. The maximum Gasteiger partial charge on any atom is 0.244 e. The molecule has 0 aliphatic heterocycles. The van der Waals surface area contributed by atoms with Gasteiger partial charge in [-0.1, -0.05) is 36.8 Å². The molecule has 0 aliphatic rings. The molecule has 2 aromatic rings. The minimum absolute atomic E-state index is 0.0265. The third-order valence-electron chi connectivity index (χ3n) is 5.73. The average Bonchev–Trinajstić information content (AvgIpc) is 2.76. The van der Waals surface area contributed by atoms with Gasteiger partial charge in [-0.15, -0.1) is 0 Å². The normalized spacial score (nSPS) is 13.1. The molecule has 186 valence electrons. The minimum Gasteiger partial charge on any atom is -0.352 e. The highest BCUT2D eigenvalue weighted by Gasteiger charge is 2.30. The van der Waals surface area contributed by atoms with Gasteiger partial charge in [0, 0.05) is 12.6 Å². The molecular formula is C25H34FN3O4S. The van der Waals surface area contributed by atoms with E-state index < -0.39 is 34.3 Å². The Morgan fingerprint density at radius 3 is 2.21 bits per heavy atom. The molecule has 0 heterocycles. The van der Waals surface area contributed by atoms with E-state index >= 15 is 0 Å². The van der Waals surface area contributed by atoms with E-state index in [0.717, 1.165) is 22.5 Å². The summed E-state index contributed by atoms with van der Waals surface area (Å²) in [5.41, 5.74) is 2.70. The van der Waals surface area contributed by atoms with Gasteiger partial charge in [0.25, 0.3) is 0 Å². The molecule has 1 N–H and O–H groups in total. The van der Waals surface area contributed by atoms with E-state index in [9.17, 15) is 22.4 Å². The summed E-state index contributed by atoms with van der Waals surface area (Å²) in [5.74, 6) is -1.30. The summed E-state index contributed by atoms with van der Waals surface area (Å²) in [7, 11) is -3.79. The summed E-state index contributed by atoms with van der Waals surface area (Å²) in [6.45, 7) is 8.64. The fourth-order valence-corrected chi connectivity index (χ4v) is 4.42. The molecule has 0 saturated carbocycles. The number of halogens is 1. The van der Waals surface area contributed by atoms with Crippen LogP contribution in [0.5, 0.6) is 0 Å². The number of aryl methyl sites for hydroxylation is 2. The first-order valence-electron chi connectivity index (χ1n) is 11.2. The zero-order chi connectivity index (χ0) is 25.6. The molecule has 0 fully saturated rings. The van der Waals surface area contributed by atoms with E-state index in [0.29, 0.717) is 16.8 Å². The zero-order valence-electron chi connectivity index (χ0n) is 20.6. The number of sulfonamides is 1. The molecule has 0 unspecified atom stereocenters. The van der Waals surface area contributed by atoms with Crippen molar-refractivity contribution in [2.45, 2.75) is 59.7 Å². The Balaban J connectivity index is 2.41. The third-order valence-corrected chi connectivity index (χ3v) is 6.86. The van der Waals surface area contributed by atoms with Crippen LogP contribution in [0.2, 0.25) is 0 Å². The Hall–Kier alpha value is -2.94. The SMILES string of the molecule is CC[C@@H](C)NC(=O)[C@H](C)N(Cc1ccc(F)cc1)C(=O)CN(c1ccc(C)cc1C)S(C)(=O)=O. The van der Waals surface area contributed by atoms with E-state index in [4.69, 9.17) is 0 Å². The molecule has 2 aromatic carbocycles. The number of rotatable bonds is 10. The first-order valence-corrected chi connectivity index (χ1v) is 13.1. The van der Waals surface area contributed by atoms with Gasteiger partial charge in [-0.25, -0.2) is 12.8 Å². The molecule has 0 spiro atoms. The molecule has 0 saturated heterocycles. The molecule has 0 aliphatic carbocycles. The highest BCUT2D eigenvalue weighted by molar-refractivity contribution is 7.92. The summed E-state index contributed by atoms with van der Waals surface area (Å²) < 4.78 is 39.7. The second-order valence-electron chi connectivity index (χ2n) is 8.70. The Morgan fingerprint density at radius 2 is 1.68 bits per heavy atom. The van der Waals surface area contributed by atoms with Gasteiger partial charge in [0.15, 0.2) is 0 Å². The maximum atomic E-state index is 13.5. The first kappa shape index (κ1) is 27.3. The monoisotopic (exact) mass is 491 g/mol. The third kappa shape index (κ3) is 7.28. The van der Waals surface area contributed by atoms with E-state index in [1.807, 2.05) is 26.8 Å². The number of nitrogens with one attached hydrogen (secondary N) is 1. The smallest absolute Gasteiger partial charge is 0.244 e. The predicted molar refractivity (Wildman–Crippen MR) is 132 cm³/mol. The molecule has 0 bridgehead atoms. The molecule has 2 atom stereocenters. The summed E-state index contributed by atoms with van der Waals surface area (Å²) in [5, 5.41) is 2.87. The van der Waals surface area contributed by atoms with Crippen molar-refractivity contribution < 1.29 is 22.4 Å². The van der Waals surface area contributed by atoms with Crippen LogP contribution in [0.4, 0.5) is 10.1 Å². The average molecular weight is 492 g/mol. The van der Waals surface area contributed by atoms with E-state index in [1.54, 1.807) is 26.0 Å². The summed E-state index contributed by atoms with van der Waals surface area (Å²) in [6.07, 6.45) is 1.77. The summed E-state index contributed by atoms with van der Waals surface area (Å²) >= 11 is 0. The lowest BCUT2D eigenvalue weighted by atomic mass is 10.1. The number of hydrogen-bond donors (Lipinski definition) is 1. The van der Waals surface area contributed by atoms with Gasteiger partial charge < -0.3 is 10.2 Å². The standard InChI is InChI=1S/C25H34FN3O4S/c1-7-19(4)27-25(31)20(5)28(15-21-9-11-22(26)12-10-21)24(30)16-29(34(6,32)33)23-13-8-17(2)14-18(23)3/h8-14,19-20H,7,15-16H2,1-6H3,(H,27,31)/t19-,20+/m1/s1. The number of amides is 2.